The Morgan fingerprint density at radius 2 is 1.65 bits per heavy atom. The van der Waals surface area contributed by atoms with E-state index in [9.17, 15) is 18.0 Å². The molecule has 1 atom stereocenters. The third-order valence-corrected chi connectivity index (χ3v) is 7.40. The van der Waals surface area contributed by atoms with Crippen LogP contribution in [0.1, 0.15) is 57.1 Å². The van der Waals surface area contributed by atoms with E-state index in [4.69, 9.17) is 4.74 Å². The van der Waals surface area contributed by atoms with Crippen molar-refractivity contribution in [1.29, 1.82) is 0 Å². The number of nitrogens with one attached hydrogen (secondary N) is 1. The fourth-order valence-electron chi connectivity index (χ4n) is 4.07. The fraction of sp³-hybridized carbons (Fsp3) is 0.500. The number of carbonyl (C=O) groups excluding carboxylic acids is 2. The van der Waals surface area contributed by atoms with Crippen LogP contribution in [0, 0.1) is 6.92 Å². The molecule has 2 aromatic carbocycles. The number of amides is 2. The summed E-state index contributed by atoms with van der Waals surface area (Å²) in [6, 6.07) is 14.0. The molecule has 0 fully saturated rings. The third-order valence-electron chi connectivity index (χ3n) is 6.20. The van der Waals surface area contributed by atoms with Crippen LogP contribution in [0.4, 0.5) is 5.69 Å². The summed E-state index contributed by atoms with van der Waals surface area (Å²) in [5, 5.41) is 2.95. The molecule has 2 rings (SSSR count). The molecule has 37 heavy (non-hydrogen) atoms. The van der Waals surface area contributed by atoms with E-state index in [-0.39, 0.29) is 31.3 Å². The van der Waals surface area contributed by atoms with Crippen LogP contribution in [-0.2, 0) is 26.2 Å². The minimum absolute atomic E-state index is 0.118. The predicted octanol–water partition coefficient (Wildman–Crippen LogP) is 4.27. The van der Waals surface area contributed by atoms with Crippen molar-refractivity contribution in [3.8, 4) is 5.75 Å². The zero-order chi connectivity index (χ0) is 27.4. The maximum absolute atomic E-state index is 13.5. The Morgan fingerprint density at radius 1 is 1.00 bits per heavy atom. The topological polar surface area (TPSA) is 96.0 Å². The minimum Gasteiger partial charge on any atom is -0.497 e. The molecule has 0 heterocycles. The molecule has 8 nitrogen and oxygen atoms in total. The first-order chi connectivity index (χ1) is 17.6. The Morgan fingerprint density at radius 3 is 2.19 bits per heavy atom. The van der Waals surface area contributed by atoms with Crippen molar-refractivity contribution in [3.63, 3.8) is 0 Å². The maximum atomic E-state index is 13.5. The predicted molar refractivity (Wildman–Crippen MR) is 148 cm³/mol. The Balaban J connectivity index is 2.19. The normalized spacial score (nSPS) is 12.0. The lowest BCUT2D eigenvalue weighted by Gasteiger charge is -2.31. The molecule has 0 aliphatic rings. The van der Waals surface area contributed by atoms with Crippen molar-refractivity contribution < 1.29 is 22.7 Å². The largest absolute Gasteiger partial charge is 0.497 e. The summed E-state index contributed by atoms with van der Waals surface area (Å²) in [7, 11) is -1.93. The van der Waals surface area contributed by atoms with Gasteiger partial charge in [0.05, 0.1) is 19.1 Å². The number of ether oxygens (including phenoxy) is 1. The third kappa shape index (κ3) is 9.39. The monoisotopic (exact) mass is 531 g/mol. The van der Waals surface area contributed by atoms with E-state index in [0.717, 1.165) is 24.0 Å². The van der Waals surface area contributed by atoms with Gasteiger partial charge in [-0.15, -0.1) is 0 Å². The summed E-state index contributed by atoms with van der Waals surface area (Å²) >= 11 is 0. The Labute approximate surface area is 222 Å². The first kappa shape index (κ1) is 30.2. The van der Waals surface area contributed by atoms with E-state index in [0.29, 0.717) is 30.8 Å². The number of anilines is 1. The van der Waals surface area contributed by atoms with Crippen LogP contribution in [0.5, 0.6) is 5.75 Å². The average molecular weight is 532 g/mol. The second-order valence-corrected chi connectivity index (χ2v) is 11.1. The SMILES string of the molecule is CCCCNC(=O)C(CC)N(Cc1ccc(OC)cc1)C(=O)CCCN(c1ccc(C)cc1)S(C)(=O)=O. The molecule has 1 N–H and O–H groups in total. The molecule has 0 saturated carbocycles. The van der Waals surface area contributed by atoms with E-state index < -0.39 is 16.1 Å². The molecule has 0 aromatic heterocycles. The van der Waals surface area contributed by atoms with Gasteiger partial charge in [-0.2, -0.15) is 0 Å². The zero-order valence-corrected chi connectivity index (χ0v) is 23.5. The van der Waals surface area contributed by atoms with Gasteiger partial charge in [0.25, 0.3) is 0 Å². The number of carbonyl (C=O) groups is 2. The molecular weight excluding hydrogens is 490 g/mol. The highest BCUT2D eigenvalue weighted by Crippen LogP contribution is 2.21. The molecule has 0 bridgehead atoms. The second kappa shape index (κ2) is 14.6. The van der Waals surface area contributed by atoms with Crippen LogP contribution < -0.4 is 14.4 Å². The Kier molecular flexibility index (Phi) is 11.9. The molecule has 1 unspecified atom stereocenters. The van der Waals surface area contributed by atoms with E-state index in [2.05, 4.69) is 12.2 Å². The van der Waals surface area contributed by atoms with Gasteiger partial charge in [0, 0.05) is 26.1 Å². The lowest BCUT2D eigenvalue weighted by atomic mass is 10.1. The molecule has 0 aliphatic heterocycles. The summed E-state index contributed by atoms with van der Waals surface area (Å²) in [5.41, 5.74) is 2.48. The lowest BCUT2D eigenvalue weighted by Crippen LogP contribution is -2.49. The Hall–Kier alpha value is -3.07. The lowest BCUT2D eigenvalue weighted by molar-refractivity contribution is -0.141. The van der Waals surface area contributed by atoms with Crippen LogP contribution in [0.3, 0.4) is 0 Å². The molecule has 2 aromatic rings. The smallest absolute Gasteiger partial charge is 0.242 e. The fourth-order valence-corrected chi connectivity index (χ4v) is 5.03. The highest BCUT2D eigenvalue weighted by Gasteiger charge is 2.28. The van der Waals surface area contributed by atoms with Crippen molar-refractivity contribution in [1.82, 2.24) is 10.2 Å². The summed E-state index contributed by atoms with van der Waals surface area (Å²) in [4.78, 5) is 28.1. The van der Waals surface area contributed by atoms with E-state index in [1.54, 1.807) is 24.1 Å². The molecule has 0 aliphatic carbocycles. The van der Waals surface area contributed by atoms with Gasteiger partial charge >= 0.3 is 0 Å². The Bertz CT molecular complexity index is 1100. The first-order valence-corrected chi connectivity index (χ1v) is 14.7. The van der Waals surface area contributed by atoms with E-state index in [1.165, 1.54) is 10.6 Å². The molecule has 0 radical (unpaired) electrons. The van der Waals surface area contributed by atoms with Crippen LogP contribution in [0.2, 0.25) is 0 Å². The maximum Gasteiger partial charge on any atom is 0.242 e. The minimum atomic E-state index is -3.52. The summed E-state index contributed by atoms with van der Waals surface area (Å²) in [5.74, 6) is 0.351. The number of methoxy groups -OCH3 is 1. The summed E-state index contributed by atoms with van der Waals surface area (Å²) in [6.45, 7) is 6.89. The van der Waals surface area contributed by atoms with E-state index >= 15 is 0 Å². The van der Waals surface area contributed by atoms with Crippen molar-refractivity contribution in [2.24, 2.45) is 0 Å². The number of nitrogens with zero attached hydrogens (tertiary/aromatic N) is 2. The molecule has 0 spiro atoms. The van der Waals surface area contributed by atoms with Gasteiger partial charge in [-0.25, -0.2) is 8.42 Å². The van der Waals surface area contributed by atoms with Gasteiger partial charge in [0.2, 0.25) is 21.8 Å². The number of sulfonamides is 1. The number of hydrogen-bond acceptors (Lipinski definition) is 5. The highest BCUT2D eigenvalue weighted by molar-refractivity contribution is 7.92. The van der Waals surface area contributed by atoms with Crippen molar-refractivity contribution in [2.45, 2.75) is 65.5 Å². The van der Waals surface area contributed by atoms with Gasteiger partial charge in [0.15, 0.2) is 0 Å². The van der Waals surface area contributed by atoms with Gasteiger partial charge in [0.1, 0.15) is 11.8 Å². The summed E-state index contributed by atoms with van der Waals surface area (Å²) < 4.78 is 31.5. The van der Waals surface area contributed by atoms with E-state index in [1.807, 2.05) is 50.2 Å². The number of unbranched alkanes of at least 4 members (excludes halogenated alkanes) is 1. The molecular formula is C28H41N3O5S. The van der Waals surface area contributed by atoms with Gasteiger partial charge < -0.3 is 15.0 Å². The molecule has 0 saturated heterocycles. The standard InChI is InChI=1S/C28H41N3O5S/c1-6-8-19-29-28(33)26(7-2)30(21-23-13-17-25(36-4)18-14-23)27(32)10-9-20-31(37(5,34)35)24-15-11-22(3)12-16-24/h11-18,26H,6-10,19-21H2,1-5H3,(H,29,33). The molecule has 9 heteroatoms. The van der Waals surface area contributed by atoms with Gasteiger partial charge in [-0.1, -0.05) is 50.1 Å². The number of rotatable bonds is 15. The van der Waals surface area contributed by atoms with Crippen molar-refractivity contribution in [3.05, 3.63) is 59.7 Å². The second-order valence-electron chi connectivity index (χ2n) is 9.21. The molecule has 2 amide bonds. The van der Waals surface area contributed by atoms with Crippen LogP contribution in [-0.4, -0.2) is 57.6 Å². The summed E-state index contributed by atoms with van der Waals surface area (Å²) in [6.07, 6.45) is 3.91. The van der Waals surface area contributed by atoms with Crippen molar-refractivity contribution in [2.75, 3.05) is 30.8 Å². The first-order valence-electron chi connectivity index (χ1n) is 12.8. The van der Waals surface area contributed by atoms with Gasteiger partial charge in [-0.3, -0.25) is 13.9 Å². The van der Waals surface area contributed by atoms with Crippen LogP contribution in [0.15, 0.2) is 48.5 Å². The van der Waals surface area contributed by atoms with Gasteiger partial charge in [-0.05, 0) is 56.0 Å². The zero-order valence-electron chi connectivity index (χ0n) is 22.7. The number of benzene rings is 2. The van der Waals surface area contributed by atoms with Crippen LogP contribution >= 0.6 is 0 Å². The van der Waals surface area contributed by atoms with Crippen LogP contribution in [0.25, 0.3) is 0 Å². The number of hydrogen-bond donors (Lipinski definition) is 1. The van der Waals surface area contributed by atoms with Crippen molar-refractivity contribution >= 4 is 27.5 Å². The quantitative estimate of drug-likeness (QED) is 0.346. The number of aryl methyl sites for hydroxylation is 1. The average Bonchev–Trinajstić information content (AvgIpc) is 2.87. The molecule has 204 valence electrons. The highest BCUT2D eigenvalue weighted by atomic mass is 32.2.